The SMILES string of the molecule is CN1CCc2[nH]nc(C(=O)NC[C@H]3CCc4ccccc4O3)c2C1. The summed E-state index contributed by atoms with van der Waals surface area (Å²) in [5.41, 5.74) is 3.87. The number of benzene rings is 1. The van der Waals surface area contributed by atoms with E-state index in [1.807, 2.05) is 18.2 Å². The highest BCUT2D eigenvalue weighted by molar-refractivity contribution is 5.94. The van der Waals surface area contributed by atoms with Gasteiger partial charge in [0.25, 0.3) is 5.91 Å². The first-order valence-electron chi connectivity index (χ1n) is 8.48. The average molecular weight is 326 g/mol. The van der Waals surface area contributed by atoms with Crippen LogP contribution in [0.1, 0.15) is 33.7 Å². The van der Waals surface area contributed by atoms with Crippen LogP contribution in [0.4, 0.5) is 0 Å². The highest BCUT2D eigenvalue weighted by atomic mass is 16.5. The summed E-state index contributed by atoms with van der Waals surface area (Å²) in [7, 11) is 2.06. The van der Waals surface area contributed by atoms with Crippen molar-refractivity contribution in [1.29, 1.82) is 0 Å². The van der Waals surface area contributed by atoms with Crippen molar-refractivity contribution in [3.8, 4) is 5.75 Å². The van der Waals surface area contributed by atoms with Crippen molar-refractivity contribution < 1.29 is 9.53 Å². The maximum atomic E-state index is 12.5. The lowest BCUT2D eigenvalue weighted by atomic mass is 10.0. The molecule has 2 aromatic rings. The summed E-state index contributed by atoms with van der Waals surface area (Å²) >= 11 is 0. The molecule has 4 rings (SSSR count). The number of carbonyl (C=O) groups excluding carboxylic acids is 1. The van der Waals surface area contributed by atoms with E-state index >= 15 is 0 Å². The lowest BCUT2D eigenvalue weighted by Gasteiger charge is -2.26. The number of amides is 1. The van der Waals surface area contributed by atoms with Crippen LogP contribution in [0, 0.1) is 0 Å². The number of aryl methyl sites for hydroxylation is 1. The summed E-state index contributed by atoms with van der Waals surface area (Å²) in [4.78, 5) is 14.7. The third-order valence-electron chi connectivity index (χ3n) is 4.83. The van der Waals surface area contributed by atoms with Gasteiger partial charge < -0.3 is 15.0 Å². The largest absolute Gasteiger partial charge is 0.488 e. The Morgan fingerprint density at radius 2 is 2.29 bits per heavy atom. The Morgan fingerprint density at radius 1 is 1.42 bits per heavy atom. The monoisotopic (exact) mass is 326 g/mol. The van der Waals surface area contributed by atoms with Gasteiger partial charge in [0.05, 0.1) is 6.54 Å². The predicted octanol–water partition coefficient (Wildman–Crippen LogP) is 1.52. The summed E-state index contributed by atoms with van der Waals surface area (Å²) in [6.45, 7) is 2.26. The van der Waals surface area contributed by atoms with E-state index in [0.717, 1.165) is 49.4 Å². The third-order valence-corrected chi connectivity index (χ3v) is 4.83. The molecule has 2 aliphatic heterocycles. The number of nitrogens with one attached hydrogen (secondary N) is 2. The Kier molecular flexibility index (Phi) is 3.98. The zero-order chi connectivity index (χ0) is 16.5. The molecular formula is C18H22N4O2. The molecule has 6 heteroatoms. The van der Waals surface area contributed by atoms with Gasteiger partial charge in [0.1, 0.15) is 11.9 Å². The molecule has 0 bridgehead atoms. The smallest absolute Gasteiger partial charge is 0.272 e. The summed E-state index contributed by atoms with van der Waals surface area (Å²) in [6, 6.07) is 8.09. The van der Waals surface area contributed by atoms with Crippen LogP contribution in [0.2, 0.25) is 0 Å². The van der Waals surface area contributed by atoms with E-state index in [0.29, 0.717) is 12.2 Å². The molecule has 1 atom stereocenters. The van der Waals surface area contributed by atoms with Gasteiger partial charge in [-0.1, -0.05) is 18.2 Å². The van der Waals surface area contributed by atoms with Gasteiger partial charge in [-0.2, -0.15) is 5.10 Å². The number of aromatic nitrogens is 2. The molecule has 6 nitrogen and oxygen atoms in total. The van der Waals surface area contributed by atoms with Crippen molar-refractivity contribution >= 4 is 5.91 Å². The lowest BCUT2D eigenvalue weighted by molar-refractivity contribution is 0.0911. The fourth-order valence-corrected chi connectivity index (χ4v) is 3.43. The molecule has 0 unspecified atom stereocenters. The molecule has 0 radical (unpaired) electrons. The second kappa shape index (κ2) is 6.28. The Balaban J connectivity index is 1.39. The molecule has 0 aliphatic carbocycles. The number of H-pyrrole nitrogens is 1. The molecule has 0 saturated carbocycles. The number of carbonyl (C=O) groups is 1. The van der Waals surface area contributed by atoms with Crippen molar-refractivity contribution in [2.45, 2.75) is 31.9 Å². The second-order valence-electron chi connectivity index (χ2n) is 6.61. The Morgan fingerprint density at radius 3 is 3.21 bits per heavy atom. The minimum Gasteiger partial charge on any atom is -0.488 e. The fraction of sp³-hybridized carbons (Fsp3) is 0.444. The molecule has 0 fully saturated rings. The van der Waals surface area contributed by atoms with Gasteiger partial charge in [-0.25, -0.2) is 0 Å². The van der Waals surface area contributed by atoms with E-state index in [9.17, 15) is 4.79 Å². The first-order chi connectivity index (χ1) is 11.7. The highest BCUT2D eigenvalue weighted by Gasteiger charge is 2.25. The zero-order valence-corrected chi connectivity index (χ0v) is 13.8. The topological polar surface area (TPSA) is 70.2 Å². The van der Waals surface area contributed by atoms with E-state index in [4.69, 9.17) is 4.74 Å². The van der Waals surface area contributed by atoms with Crippen LogP contribution in [0.15, 0.2) is 24.3 Å². The predicted molar refractivity (Wildman–Crippen MR) is 90.1 cm³/mol. The molecular weight excluding hydrogens is 304 g/mol. The molecule has 1 aromatic heterocycles. The van der Waals surface area contributed by atoms with Crippen LogP contribution in [0.25, 0.3) is 0 Å². The quantitative estimate of drug-likeness (QED) is 0.897. The van der Waals surface area contributed by atoms with Crippen molar-refractivity contribution in [2.24, 2.45) is 0 Å². The Bertz CT molecular complexity index is 755. The molecule has 24 heavy (non-hydrogen) atoms. The molecule has 0 saturated heterocycles. The summed E-state index contributed by atoms with van der Waals surface area (Å²) in [5, 5.41) is 10.2. The molecule has 1 amide bonds. The van der Waals surface area contributed by atoms with E-state index in [-0.39, 0.29) is 12.0 Å². The van der Waals surface area contributed by atoms with Crippen molar-refractivity contribution in [2.75, 3.05) is 20.1 Å². The van der Waals surface area contributed by atoms with Crippen LogP contribution in [0.5, 0.6) is 5.75 Å². The first kappa shape index (κ1) is 15.2. The van der Waals surface area contributed by atoms with Gasteiger partial charge in [0.2, 0.25) is 0 Å². The third kappa shape index (κ3) is 2.89. The van der Waals surface area contributed by atoms with E-state index in [1.54, 1.807) is 0 Å². The van der Waals surface area contributed by atoms with Crippen molar-refractivity contribution in [1.82, 2.24) is 20.4 Å². The Hall–Kier alpha value is -2.34. The summed E-state index contributed by atoms with van der Waals surface area (Å²) < 4.78 is 5.98. The van der Waals surface area contributed by atoms with E-state index in [2.05, 4.69) is 33.5 Å². The molecule has 3 heterocycles. The van der Waals surface area contributed by atoms with Crippen LogP contribution in [-0.4, -0.2) is 47.2 Å². The van der Waals surface area contributed by atoms with Gasteiger partial charge in [0, 0.05) is 30.8 Å². The number of nitrogens with zero attached hydrogens (tertiary/aromatic N) is 2. The van der Waals surface area contributed by atoms with E-state index < -0.39 is 0 Å². The standard InChI is InChI=1S/C18H22N4O2/c1-22-9-8-15-14(11-22)17(21-20-15)18(23)19-10-13-7-6-12-4-2-3-5-16(12)24-13/h2-5,13H,6-11H2,1H3,(H,19,23)(H,20,21)/t13-/m1/s1. The molecule has 126 valence electrons. The van der Waals surface area contributed by atoms with Gasteiger partial charge in [-0.15, -0.1) is 0 Å². The van der Waals surface area contributed by atoms with Crippen molar-refractivity contribution in [3.63, 3.8) is 0 Å². The van der Waals surface area contributed by atoms with Crippen LogP contribution < -0.4 is 10.1 Å². The summed E-state index contributed by atoms with van der Waals surface area (Å²) in [6.07, 6.45) is 2.83. The average Bonchev–Trinajstić information content (AvgIpc) is 3.02. The van der Waals surface area contributed by atoms with Crippen LogP contribution >= 0.6 is 0 Å². The normalized spacial score (nSPS) is 20.0. The maximum absolute atomic E-state index is 12.5. The number of hydrogen-bond acceptors (Lipinski definition) is 4. The number of ether oxygens (including phenoxy) is 1. The number of para-hydroxylation sites is 1. The number of fused-ring (bicyclic) bond motifs is 2. The number of rotatable bonds is 3. The number of hydrogen-bond donors (Lipinski definition) is 2. The highest BCUT2D eigenvalue weighted by Crippen LogP contribution is 2.26. The minimum absolute atomic E-state index is 0.0151. The number of aromatic amines is 1. The zero-order valence-electron chi connectivity index (χ0n) is 13.8. The maximum Gasteiger partial charge on any atom is 0.272 e. The van der Waals surface area contributed by atoms with E-state index in [1.165, 1.54) is 5.56 Å². The fourth-order valence-electron chi connectivity index (χ4n) is 3.43. The second-order valence-corrected chi connectivity index (χ2v) is 6.61. The van der Waals surface area contributed by atoms with Crippen molar-refractivity contribution in [3.05, 3.63) is 46.8 Å². The Labute approximate surface area is 141 Å². The van der Waals surface area contributed by atoms with Gasteiger partial charge in [-0.3, -0.25) is 9.89 Å². The molecule has 2 aliphatic rings. The van der Waals surface area contributed by atoms with Gasteiger partial charge >= 0.3 is 0 Å². The molecule has 2 N–H and O–H groups in total. The lowest BCUT2D eigenvalue weighted by Crippen LogP contribution is -2.38. The molecule has 1 aromatic carbocycles. The van der Waals surface area contributed by atoms with Gasteiger partial charge in [-0.05, 0) is 31.5 Å². The van der Waals surface area contributed by atoms with Gasteiger partial charge in [0.15, 0.2) is 5.69 Å². The van der Waals surface area contributed by atoms with Crippen LogP contribution in [0.3, 0.4) is 0 Å². The molecule has 0 spiro atoms. The summed E-state index contributed by atoms with van der Waals surface area (Å²) in [5.74, 6) is 0.812. The minimum atomic E-state index is -0.120. The number of likely N-dealkylation sites (N-methyl/N-ethyl adjacent to an activating group) is 1. The van der Waals surface area contributed by atoms with Crippen LogP contribution in [-0.2, 0) is 19.4 Å². The first-order valence-corrected chi connectivity index (χ1v) is 8.48.